The molecule has 3 aromatic rings. The minimum absolute atomic E-state index is 0.106. The lowest BCUT2D eigenvalue weighted by Crippen LogP contribution is -2.38. The number of hydrogen-bond acceptors (Lipinski definition) is 4. The van der Waals surface area contributed by atoms with Gasteiger partial charge in [-0.1, -0.05) is 24.3 Å². The Kier molecular flexibility index (Phi) is 7.10. The van der Waals surface area contributed by atoms with Gasteiger partial charge in [0, 0.05) is 38.2 Å². The van der Waals surface area contributed by atoms with E-state index in [1.54, 1.807) is 23.3 Å². The van der Waals surface area contributed by atoms with Crippen molar-refractivity contribution in [2.75, 3.05) is 13.1 Å². The zero-order valence-electron chi connectivity index (χ0n) is 18.1. The molecule has 0 atom stereocenters. The third kappa shape index (κ3) is 5.79. The third-order valence-electron chi connectivity index (χ3n) is 5.94. The van der Waals surface area contributed by atoms with Gasteiger partial charge in [-0.05, 0) is 60.9 Å². The Balaban J connectivity index is 1.21. The van der Waals surface area contributed by atoms with Gasteiger partial charge in [-0.2, -0.15) is 5.10 Å². The lowest BCUT2D eigenvalue weighted by atomic mass is 9.90. The summed E-state index contributed by atoms with van der Waals surface area (Å²) in [5.74, 6) is 0.727. The largest absolute Gasteiger partial charge is 0.372 e. The van der Waals surface area contributed by atoms with Crippen LogP contribution in [-0.4, -0.2) is 38.7 Å². The second-order valence-electron chi connectivity index (χ2n) is 8.19. The predicted octanol–water partition coefficient (Wildman–Crippen LogP) is 4.11. The maximum absolute atomic E-state index is 12.7. The average molecular weight is 419 g/mol. The fraction of sp³-hybridized carbons (Fsp3) is 0.400. The van der Waals surface area contributed by atoms with E-state index in [-0.39, 0.29) is 5.91 Å². The number of amides is 1. The molecule has 4 rings (SSSR count). The van der Waals surface area contributed by atoms with Crippen molar-refractivity contribution in [1.82, 2.24) is 19.7 Å². The van der Waals surface area contributed by atoms with Crippen molar-refractivity contribution in [1.29, 1.82) is 0 Å². The van der Waals surface area contributed by atoms with Crippen molar-refractivity contribution < 1.29 is 9.53 Å². The van der Waals surface area contributed by atoms with Crippen LogP contribution in [0.5, 0.6) is 0 Å². The van der Waals surface area contributed by atoms with E-state index in [0.29, 0.717) is 24.7 Å². The van der Waals surface area contributed by atoms with Crippen LogP contribution in [-0.2, 0) is 30.9 Å². The van der Waals surface area contributed by atoms with Crippen LogP contribution in [0.4, 0.5) is 0 Å². The van der Waals surface area contributed by atoms with Gasteiger partial charge in [0.05, 0.1) is 25.0 Å². The van der Waals surface area contributed by atoms with Crippen LogP contribution in [0.3, 0.4) is 0 Å². The molecular formula is C25H30N4O2. The number of aryl methyl sites for hydroxylation is 1. The van der Waals surface area contributed by atoms with Crippen molar-refractivity contribution in [3.05, 3.63) is 83.4 Å². The van der Waals surface area contributed by atoms with Crippen molar-refractivity contribution in [2.24, 2.45) is 5.92 Å². The molecule has 0 aliphatic carbocycles. The van der Waals surface area contributed by atoms with E-state index in [9.17, 15) is 4.79 Å². The van der Waals surface area contributed by atoms with Crippen molar-refractivity contribution in [3.8, 4) is 0 Å². The molecule has 6 heteroatoms. The van der Waals surface area contributed by atoms with Gasteiger partial charge in [0.2, 0.25) is 0 Å². The van der Waals surface area contributed by atoms with Gasteiger partial charge in [-0.15, -0.1) is 0 Å². The predicted molar refractivity (Wildman–Crippen MR) is 119 cm³/mol. The number of likely N-dealkylation sites (tertiary alicyclic amines) is 1. The standard InChI is InChI=1S/C25H30N4O2/c1-2-29-17-24(16-27-29)25(30)28-13-9-21(10-14-28)15-20-3-5-22(6-4-20)18-31-19-23-7-11-26-12-8-23/h3-8,11-12,16-17,21H,2,9-10,13-15,18-19H2,1H3. The number of benzene rings is 1. The highest BCUT2D eigenvalue weighted by Gasteiger charge is 2.24. The van der Waals surface area contributed by atoms with Crippen molar-refractivity contribution in [2.45, 2.75) is 45.9 Å². The highest BCUT2D eigenvalue weighted by Crippen LogP contribution is 2.23. The molecule has 162 valence electrons. The number of carbonyl (C=O) groups excluding carboxylic acids is 1. The van der Waals surface area contributed by atoms with Crippen LogP contribution in [0.15, 0.2) is 61.2 Å². The molecule has 0 spiro atoms. The first-order valence-corrected chi connectivity index (χ1v) is 11.1. The number of ether oxygens (including phenoxy) is 1. The van der Waals surface area contributed by atoms with Gasteiger partial charge in [0.25, 0.3) is 5.91 Å². The normalized spacial score (nSPS) is 14.7. The van der Waals surface area contributed by atoms with Crippen LogP contribution in [0.25, 0.3) is 0 Å². The Labute approximate surface area is 183 Å². The van der Waals surface area contributed by atoms with E-state index in [1.165, 1.54) is 11.1 Å². The molecule has 3 heterocycles. The lowest BCUT2D eigenvalue weighted by Gasteiger charge is -2.32. The average Bonchev–Trinajstić information content (AvgIpc) is 3.30. The van der Waals surface area contributed by atoms with Crippen LogP contribution >= 0.6 is 0 Å². The molecule has 31 heavy (non-hydrogen) atoms. The van der Waals surface area contributed by atoms with Gasteiger partial charge in [0.1, 0.15) is 0 Å². The summed E-state index contributed by atoms with van der Waals surface area (Å²) < 4.78 is 7.60. The summed E-state index contributed by atoms with van der Waals surface area (Å²) in [6.07, 6.45) is 10.3. The summed E-state index contributed by atoms with van der Waals surface area (Å²) in [5.41, 5.74) is 4.37. The molecule has 0 radical (unpaired) electrons. The first-order chi connectivity index (χ1) is 15.2. The SMILES string of the molecule is CCn1cc(C(=O)N2CCC(Cc3ccc(COCc4ccncc4)cc3)CC2)cn1. The lowest BCUT2D eigenvalue weighted by molar-refractivity contribution is 0.0690. The number of piperidine rings is 1. The summed E-state index contributed by atoms with van der Waals surface area (Å²) in [6.45, 7) is 5.65. The van der Waals surface area contributed by atoms with Crippen LogP contribution in [0.1, 0.15) is 46.8 Å². The van der Waals surface area contributed by atoms with E-state index in [4.69, 9.17) is 4.74 Å². The van der Waals surface area contributed by atoms with Gasteiger partial charge in [-0.3, -0.25) is 14.5 Å². The molecule has 0 bridgehead atoms. The Morgan fingerprint density at radius 3 is 2.29 bits per heavy atom. The first kappa shape index (κ1) is 21.2. The number of rotatable bonds is 8. The van der Waals surface area contributed by atoms with Gasteiger partial charge >= 0.3 is 0 Å². The van der Waals surface area contributed by atoms with Crippen molar-refractivity contribution in [3.63, 3.8) is 0 Å². The summed E-state index contributed by atoms with van der Waals surface area (Å²) in [7, 11) is 0. The maximum atomic E-state index is 12.7. The van der Waals surface area contributed by atoms with E-state index in [1.807, 2.05) is 30.2 Å². The van der Waals surface area contributed by atoms with E-state index in [0.717, 1.165) is 44.5 Å². The maximum Gasteiger partial charge on any atom is 0.257 e. The number of aromatic nitrogens is 3. The molecule has 1 fully saturated rings. The van der Waals surface area contributed by atoms with Crippen LogP contribution in [0, 0.1) is 5.92 Å². The fourth-order valence-corrected chi connectivity index (χ4v) is 4.04. The second kappa shape index (κ2) is 10.4. The smallest absolute Gasteiger partial charge is 0.257 e. The Morgan fingerprint density at radius 1 is 1.00 bits per heavy atom. The topological polar surface area (TPSA) is 60.2 Å². The number of hydrogen-bond donors (Lipinski definition) is 0. The summed E-state index contributed by atoms with van der Waals surface area (Å²) in [5, 5.41) is 4.22. The Morgan fingerprint density at radius 2 is 1.65 bits per heavy atom. The minimum atomic E-state index is 0.106. The molecule has 0 saturated carbocycles. The quantitative estimate of drug-likeness (QED) is 0.552. The number of pyridine rings is 1. The van der Waals surface area contributed by atoms with Crippen molar-refractivity contribution >= 4 is 5.91 Å². The summed E-state index contributed by atoms with van der Waals surface area (Å²) >= 11 is 0. The molecule has 1 aromatic carbocycles. The zero-order valence-corrected chi connectivity index (χ0v) is 18.1. The highest BCUT2D eigenvalue weighted by atomic mass is 16.5. The Hall–Kier alpha value is -2.99. The molecule has 0 unspecified atom stereocenters. The molecule has 1 saturated heterocycles. The zero-order chi connectivity index (χ0) is 21.5. The molecule has 1 aliphatic rings. The molecule has 6 nitrogen and oxygen atoms in total. The molecule has 1 amide bonds. The summed E-state index contributed by atoms with van der Waals surface area (Å²) in [6, 6.07) is 12.7. The van der Waals surface area contributed by atoms with Crippen LogP contribution in [0.2, 0.25) is 0 Å². The molecule has 1 aliphatic heterocycles. The van der Waals surface area contributed by atoms with Crippen LogP contribution < -0.4 is 0 Å². The van der Waals surface area contributed by atoms with Gasteiger partial charge in [0.15, 0.2) is 0 Å². The van der Waals surface area contributed by atoms with E-state index < -0.39 is 0 Å². The van der Waals surface area contributed by atoms with Gasteiger partial charge < -0.3 is 9.64 Å². The van der Waals surface area contributed by atoms with E-state index >= 15 is 0 Å². The second-order valence-corrected chi connectivity index (χ2v) is 8.19. The Bertz CT molecular complexity index is 961. The van der Waals surface area contributed by atoms with E-state index in [2.05, 4.69) is 34.3 Å². The molecule has 2 aromatic heterocycles. The first-order valence-electron chi connectivity index (χ1n) is 11.1. The number of carbonyl (C=O) groups is 1. The molecule has 0 N–H and O–H groups in total. The third-order valence-corrected chi connectivity index (χ3v) is 5.94. The van der Waals surface area contributed by atoms with Gasteiger partial charge in [-0.25, -0.2) is 0 Å². The summed E-state index contributed by atoms with van der Waals surface area (Å²) in [4.78, 5) is 18.7. The monoisotopic (exact) mass is 418 g/mol. The number of nitrogens with zero attached hydrogens (tertiary/aromatic N) is 4. The molecular weight excluding hydrogens is 388 g/mol. The highest BCUT2D eigenvalue weighted by molar-refractivity contribution is 5.93. The fourth-order valence-electron chi connectivity index (χ4n) is 4.04. The minimum Gasteiger partial charge on any atom is -0.372 e.